The second kappa shape index (κ2) is 12.8. The first-order valence-corrected chi connectivity index (χ1v) is 18.8. The molecule has 0 aliphatic heterocycles. The van der Waals surface area contributed by atoms with Gasteiger partial charge in [-0.3, -0.25) is 0 Å². The third-order valence-electron chi connectivity index (χ3n) is 11.0. The van der Waals surface area contributed by atoms with Crippen molar-refractivity contribution in [3.05, 3.63) is 193 Å². The Kier molecular flexibility index (Phi) is 7.27. The number of hydrogen-bond acceptors (Lipinski definition) is 4. The Morgan fingerprint density at radius 3 is 2.02 bits per heavy atom. The van der Waals surface area contributed by atoms with E-state index in [1.165, 1.54) is 43.8 Å². The highest BCUT2D eigenvalue weighted by Gasteiger charge is 2.24. The summed E-state index contributed by atoms with van der Waals surface area (Å²) in [4.78, 5) is 15.9. The Morgan fingerprint density at radius 2 is 1.13 bits per heavy atom. The van der Waals surface area contributed by atoms with Crippen molar-refractivity contribution in [3.63, 3.8) is 0 Å². The van der Waals surface area contributed by atoms with Crippen molar-refractivity contribution in [2.45, 2.75) is 12.3 Å². The minimum absolute atomic E-state index is 0.00623. The van der Waals surface area contributed by atoms with Gasteiger partial charge in [0.05, 0.1) is 0 Å². The second-order valence-corrected chi connectivity index (χ2v) is 14.3. The van der Waals surface area contributed by atoms with E-state index in [1.807, 2.05) is 12.1 Å². The zero-order chi connectivity index (χ0) is 36.3. The van der Waals surface area contributed by atoms with E-state index in [4.69, 9.17) is 19.4 Å². The monoisotopic (exact) mass is 703 g/mol. The molecular weight excluding hydrogens is 671 g/mol. The predicted molar refractivity (Wildman–Crippen MR) is 226 cm³/mol. The number of aromatic nitrogens is 3. The van der Waals surface area contributed by atoms with Crippen molar-refractivity contribution >= 4 is 49.6 Å². The van der Waals surface area contributed by atoms with Gasteiger partial charge in [-0.2, -0.15) is 0 Å². The van der Waals surface area contributed by atoms with Crippen molar-refractivity contribution in [1.29, 1.82) is 0 Å². The zero-order valence-corrected chi connectivity index (χ0v) is 29.9. The minimum Gasteiger partial charge on any atom is -0.456 e. The molecule has 0 fully saturated rings. The molecule has 55 heavy (non-hydrogen) atoms. The molecule has 1 atom stereocenters. The summed E-state index contributed by atoms with van der Waals surface area (Å²) in [5.41, 5.74) is 10.6. The van der Waals surface area contributed by atoms with Gasteiger partial charge in [-0.05, 0) is 85.6 Å². The molecule has 2 heterocycles. The predicted octanol–water partition coefficient (Wildman–Crippen LogP) is 13.1. The fourth-order valence-corrected chi connectivity index (χ4v) is 8.32. The number of nitrogens with zero attached hydrogens (tertiary/aromatic N) is 3. The van der Waals surface area contributed by atoms with E-state index in [0.717, 1.165) is 56.4 Å². The van der Waals surface area contributed by atoms with Crippen LogP contribution in [0.25, 0.3) is 94.6 Å². The maximum absolute atomic E-state index is 6.60. The highest BCUT2D eigenvalue weighted by atomic mass is 16.3. The molecule has 258 valence electrons. The van der Waals surface area contributed by atoms with Crippen molar-refractivity contribution in [2.24, 2.45) is 0 Å². The van der Waals surface area contributed by atoms with Gasteiger partial charge in [0.1, 0.15) is 17.0 Å². The van der Waals surface area contributed by atoms with E-state index in [0.29, 0.717) is 11.6 Å². The van der Waals surface area contributed by atoms with Crippen LogP contribution in [-0.2, 0) is 6.42 Å². The van der Waals surface area contributed by atoms with E-state index >= 15 is 0 Å². The zero-order valence-electron chi connectivity index (χ0n) is 29.9. The lowest BCUT2D eigenvalue weighted by molar-refractivity contribution is 0.669. The molecule has 0 spiro atoms. The smallest absolute Gasteiger partial charge is 0.164 e. The van der Waals surface area contributed by atoms with E-state index in [1.54, 1.807) is 0 Å². The molecule has 4 nitrogen and oxygen atoms in total. The fraction of sp³-hybridized carbons (Fsp3) is 0.0392. The summed E-state index contributed by atoms with van der Waals surface area (Å²) >= 11 is 0. The quantitative estimate of drug-likeness (QED) is 0.167. The van der Waals surface area contributed by atoms with E-state index < -0.39 is 0 Å². The Balaban J connectivity index is 1.13. The molecule has 0 radical (unpaired) electrons. The van der Waals surface area contributed by atoms with Gasteiger partial charge in [-0.25, -0.2) is 15.0 Å². The Bertz CT molecular complexity index is 3140. The standard InChI is InChI=1S/C51H33N3O/c1-2-11-32(12-3-1)37-16-8-17-38(29-37)42-19-9-21-45-47(42)48-43(20-10-22-46(48)55-45)51-53-49(39-27-23-33-13-4-5-15-36(33)30-39)52-50(54-51)40-28-26-35-25-24-34-14-6-7-18-41(34)44(35)31-40/h1-29,31,39H,30H2. The number of benzene rings is 8. The summed E-state index contributed by atoms with van der Waals surface area (Å²) in [6.07, 6.45) is 5.26. The van der Waals surface area contributed by atoms with Gasteiger partial charge in [0.15, 0.2) is 11.6 Å². The molecule has 0 amide bonds. The molecule has 0 saturated heterocycles. The van der Waals surface area contributed by atoms with Gasteiger partial charge in [0, 0.05) is 27.8 Å². The van der Waals surface area contributed by atoms with Gasteiger partial charge in [0.25, 0.3) is 0 Å². The Labute approximate surface area is 318 Å². The Morgan fingerprint density at radius 1 is 0.455 bits per heavy atom. The third kappa shape index (κ3) is 5.42. The summed E-state index contributed by atoms with van der Waals surface area (Å²) in [6.45, 7) is 0. The molecule has 11 rings (SSSR count). The average Bonchev–Trinajstić information content (AvgIpc) is 3.65. The molecule has 2 aromatic heterocycles. The first-order valence-electron chi connectivity index (χ1n) is 18.8. The van der Waals surface area contributed by atoms with Crippen LogP contribution in [0.1, 0.15) is 22.9 Å². The molecule has 1 aliphatic carbocycles. The maximum Gasteiger partial charge on any atom is 0.164 e. The third-order valence-corrected chi connectivity index (χ3v) is 11.0. The van der Waals surface area contributed by atoms with E-state index in [-0.39, 0.29) is 5.92 Å². The maximum atomic E-state index is 6.60. The van der Waals surface area contributed by atoms with Crippen LogP contribution >= 0.6 is 0 Å². The Hall–Kier alpha value is -7.17. The largest absolute Gasteiger partial charge is 0.456 e. The van der Waals surface area contributed by atoms with Gasteiger partial charge in [0.2, 0.25) is 0 Å². The molecule has 8 aromatic carbocycles. The molecule has 0 saturated carbocycles. The van der Waals surface area contributed by atoms with Crippen LogP contribution < -0.4 is 0 Å². The average molecular weight is 704 g/mol. The van der Waals surface area contributed by atoms with Crippen LogP contribution in [0.15, 0.2) is 180 Å². The second-order valence-electron chi connectivity index (χ2n) is 14.3. The summed E-state index contributed by atoms with van der Waals surface area (Å²) in [5, 5.41) is 6.82. The van der Waals surface area contributed by atoms with Gasteiger partial charge in [-0.15, -0.1) is 0 Å². The number of rotatable bonds is 5. The molecular formula is C51H33N3O. The molecule has 0 N–H and O–H groups in total. The van der Waals surface area contributed by atoms with Crippen molar-refractivity contribution < 1.29 is 4.42 Å². The van der Waals surface area contributed by atoms with E-state index in [2.05, 4.69) is 170 Å². The SMILES string of the molecule is C1=CC(c2nc(-c3ccc4ccc5ccccc5c4c3)nc(-c3cccc4oc5cccc(-c6cccc(-c7ccccc7)c6)c5c34)n2)Cc2ccccc21. The van der Waals surface area contributed by atoms with Gasteiger partial charge < -0.3 is 4.42 Å². The summed E-state index contributed by atoms with van der Waals surface area (Å²) < 4.78 is 6.60. The van der Waals surface area contributed by atoms with Crippen LogP contribution in [0.5, 0.6) is 0 Å². The van der Waals surface area contributed by atoms with Crippen LogP contribution in [0.2, 0.25) is 0 Å². The number of furan rings is 1. The van der Waals surface area contributed by atoms with Crippen LogP contribution in [0, 0.1) is 0 Å². The summed E-state index contributed by atoms with van der Waals surface area (Å²) in [7, 11) is 0. The molecule has 1 unspecified atom stereocenters. The highest BCUT2D eigenvalue weighted by molar-refractivity contribution is 6.17. The number of allylic oxidation sites excluding steroid dienone is 1. The summed E-state index contributed by atoms with van der Waals surface area (Å²) in [6, 6.07) is 59.8. The number of hydrogen-bond donors (Lipinski definition) is 0. The minimum atomic E-state index is -0.00623. The molecule has 1 aliphatic rings. The lowest BCUT2D eigenvalue weighted by Crippen LogP contribution is -2.12. The molecule has 0 bridgehead atoms. The van der Waals surface area contributed by atoms with Crippen molar-refractivity contribution in [2.75, 3.05) is 0 Å². The lowest BCUT2D eigenvalue weighted by atomic mass is 9.89. The number of fused-ring (bicyclic) bond motifs is 7. The van der Waals surface area contributed by atoms with Gasteiger partial charge in [-0.1, -0.05) is 158 Å². The topological polar surface area (TPSA) is 51.8 Å². The highest BCUT2D eigenvalue weighted by Crippen LogP contribution is 2.42. The van der Waals surface area contributed by atoms with Crippen LogP contribution in [0.4, 0.5) is 0 Å². The fourth-order valence-electron chi connectivity index (χ4n) is 8.32. The van der Waals surface area contributed by atoms with Crippen molar-refractivity contribution in [3.8, 4) is 45.0 Å². The van der Waals surface area contributed by atoms with E-state index in [9.17, 15) is 0 Å². The van der Waals surface area contributed by atoms with Crippen molar-refractivity contribution in [1.82, 2.24) is 15.0 Å². The first-order chi connectivity index (χ1) is 27.2. The van der Waals surface area contributed by atoms with Crippen LogP contribution in [0.3, 0.4) is 0 Å². The van der Waals surface area contributed by atoms with Crippen LogP contribution in [-0.4, -0.2) is 15.0 Å². The molecule has 10 aromatic rings. The summed E-state index contributed by atoms with van der Waals surface area (Å²) in [5.74, 6) is 2.03. The first kappa shape index (κ1) is 31.4. The normalized spacial score (nSPS) is 13.9. The molecule has 4 heteroatoms. The lowest BCUT2D eigenvalue weighted by Gasteiger charge is -2.19. The van der Waals surface area contributed by atoms with Gasteiger partial charge >= 0.3 is 0 Å².